The molecule has 4 nitrogen and oxygen atoms in total. The van der Waals surface area contributed by atoms with Crippen LogP contribution in [-0.2, 0) is 0 Å². The van der Waals surface area contributed by atoms with Crippen LogP contribution < -0.4 is 10.6 Å². The van der Waals surface area contributed by atoms with Gasteiger partial charge in [-0.15, -0.1) is 0 Å². The van der Waals surface area contributed by atoms with E-state index < -0.39 is 0 Å². The topological polar surface area (TPSA) is 30.5 Å². The average molecular weight is 252 g/mol. The molecule has 0 aromatic heterocycles. The zero-order valence-corrected chi connectivity index (χ0v) is 11.9. The lowest BCUT2D eigenvalue weighted by atomic mass is 9.86. The molecule has 104 valence electrons. The standard InChI is InChI=1S/2C7H14N2/c2*1-9-3-2-7-6(5-9)4-8-7/h2*6-8H,2-5H2,1H3/t2*6-,7+/m10/s1. The quantitative estimate of drug-likeness (QED) is 0.626. The van der Waals surface area contributed by atoms with E-state index in [1.807, 2.05) is 0 Å². The first-order valence-electron chi connectivity index (χ1n) is 7.56. The minimum atomic E-state index is 0.876. The van der Waals surface area contributed by atoms with Gasteiger partial charge in [0.05, 0.1) is 0 Å². The van der Waals surface area contributed by atoms with Crippen molar-refractivity contribution in [2.45, 2.75) is 24.9 Å². The molecule has 0 aromatic carbocycles. The Morgan fingerprint density at radius 2 is 1.22 bits per heavy atom. The third kappa shape index (κ3) is 2.72. The molecule has 0 radical (unpaired) electrons. The van der Waals surface area contributed by atoms with Crippen molar-refractivity contribution in [3.63, 3.8) is 0 Å². The third-order valence-electron chi connectivity index (χ3n) is 5.16. The molecule has 4 heteroatoms. The number of nitrogens with one attached hydrogen (secondary N) is 2. The number of hydrogen-bond donors (Lipinski definition) is 2. The second kappa shape index (κ2) is 5.45. The van der Waals surface area contributed by atoms with Crippen LogP contribution in [0, 0.1) is 11.8 Å². The van der Waals surface area contributed by atoms with Crippen LogP contribution in [0.1, 0.15) is 12.8 Å². The molecule has 4 aliphatic heterocycles. The van der Waals surface area contributed by atoms with Gasteiger partial charge < -0.3 is 20.4 Å². The van der Waals surface area contributed by atoms with Gasteiger partial charge in [0.15, 0.2) is 0 Å². The fourth-order valence-electron chi connectivity index (χ4n) is 3.66. The highest BCUT2D eigenvalue weighted by Gasteiger charge is 2.34. The third-order valence-corrected chi connectivity index (χ3v) is 5.16. The van der Waals surface area contributed by atoms with E-state index in [0.717, 1.165) is 23.9 Å². The number of likely N-dealkylation sites (tertiary alicyclic amines) is 2. The zero-order valence-electron chi connectivity index (χ0n) is 11.9. The summed E-state index contributed by atoms with van der Waals surface area (Å²) >= 11 is 0. The number of fused-ring (bicyclic) bond motifs is 2. The van der Waals surface area contributed by atoms with E-state index >= 15 is 0 Å². The molecule has 0 saturated carbocycles. The molecule has 4 fully saturated rings. The van der Waals surface area contributed by atoms with Crippen LogP contribution in [0.15, 0.2) is 0 Å². The van der Waals surface area contributed by atoms with Crippen LogP contribution in [0.5, 0.6) is 0 Å². The van der Waals surface area contributed by atoms with Gasteiger partial charge in [-0.3, -0.25) is 0 Å². The summed E-state index contributed by atoms with van der Waals surface area (Å²) in [6.45, 7) is 7.72. The van der Waals surface area contributed by atoms with Crippen molar-refractivity contribution in [3.05, 3.63) is 0 Å². The maximum absolute atomic E-state index is 3.44. The minimum Gasteiger partial charge on any atom is -0.313 e. The first-order chi connectivity index (χ1) is 8.72. The van der Waals surface area contributed by atoms with Crippen molar-refractivity contribution >= 4 is 0 Å². The van der Waals surface area contributed by atoms with Gasteiger partial charge in [-0.1, -0.05) is 0 Å². The summed E-state index contributed by atoms with van der Waals surface area (Å²) in [6.07, 6.45) is 2.72. The van der Waals surface area contributed by atoms with Crippen LogP contribution in [0.3, 0.4) is 0 Å². The van der Waals surface area contributed by atoms with E-state index in [4.69, 9.17) is 0 Å². The van der Waals surface area contributed by atoms with E-state index in [-0.39, 0.29) is 0 Å². The van der Waals surface area contributed by atoms with Crippen molar-refractivity contribution in [2.24, 2.45) is 11.8 Å². The van der Waals surface area contributed by atoms with Crippen molar-refractivity contribution < 1.29 is 0 Å². The van der Waals surface area contributed by atoms with E-state index in [0.29, 0.717) is 0 Å². The second-order valence-electron chi connectivity index (χ2n) is 6.65. The van der Waals surface area contributed by atoms with Crippen LogP contribution >= 0.6 is 0 Å². The molecule has 0 spiro atoms. The molecule has 0 aromatic rings. The van der Waals surface area contributed by atoms with E-state index in [1.54, 1.807) is 0 Å². The first-order valence-corrected chi connectivity index (χ1v) is 7.56. The van der Waals surface area contributed by atoms with Crippen LogP contribution in [0.2, 0.25) is 0 Å². The van der Waals surface area contributed by atoms with E-state index in [9.17, 15) is 0 Å². The molecule has 0 bridgehead atoms. The molecule has 2 N–H and O–H groups in total. The Hall–Kier alpha value is -0.160. The Bertz CT molecular complexity index is 255. The lowest BCUT2D eigenvalue weighted by molar-refractivity contribution is 0.101. The van der Waals surface area contributed by atoms with Gasteiger partial charge >= 0.3 is 0 Å². The molecule has 4 aliphatic rings. The molecule has 4 atom stereocenters. The monoisotopic (exact) mass is 252 g/mol. The maximum Gasteiger partial charge on any atom is 0.0132 e. The number of rotatable bonds is 0. The van der Waals surface area contributed by atoms with Gasteiger partial charge in [-0.25, -0.2) is 0 Å². The minimum absolute atomic E-state index is 0.876. The van der Waals surface area contributed by atoms with Crippen molar-refractivity contribution in [3.8, 4) is 0 Å². The molecule has 4 saturated heterocycles. The van der Waals surface area contributed by atoms with Gasteiger partial charge in [-0.05, 0) is 51.9 Å². The normalized spacial score (nSPS) is 43.7. The summed E-state index contributed by atoms with van der Waals surface area (Å²) in [5.74, 6) is 1.95. The predicted octanol–water partition coefficient (Wildman–Crippen LogP) is -0.180. The fourth-order valence-corrected chi connectivity index (χ4v) is 3.66. The number of nitrogens with zero attached hydrogens (tertiary/aromatic N) is 2. The van der Waals surface area contributed by atoms with Crippen molar-refractivity contribution in [1.82, 2.24) is 20.4 Å². The molecule has 0 unspecified atom stereocenters. The fraction of sp³-hybridized carbons (Fsp3) is 1.00. The lowest BCUT2D eigenvalue weighted by Gasteiger charge is -2.45. The summed E-state index contributed by atoms with van der Waals surface area (Å²) < 4.78 is 0. The lowest BCUT2D eigenvalue weighted by Crippen LogP contribution is -2.60. The van der Waals surface area contributed by atoms with E-state index in [2.05, 4.69) is 34.5 Å². The number of piperidine rings is 2. The van der Waals surface area contributed by atoms with Gasteiger partial charge in [0, 0.05) is 38.3 Å². The Morgan fingerprint density at radius 3 is 1.44 bits per heavy atom. The average Bonchev–Trinajstić information content (AvgIpc) is 2.29. The highest BCUT2D eigenvalue weighted by molar-refractivity contribution is 4.93. The Labute approximate surface area is 111 Å². The second-order valence-corrected chi connectivity index (χ2v) is 6.65. The molecular weight excluding hydrogens is 224 g/mol. The summed E-state index contributed by atoms with van der Waals surface area (Å²) in [7, 11) is 4.43. The Morgan fingerprint density at radius 1 is 0.778 bits per heavy atom. The van der Waals surface area contributed by atoms with Gasteiger partial charge in [0.1, 0.15) is 0 Å². The van der Waals surface area contributed by atoms with E-state index in [1.165, 1.54) is 52.1 Å². The zero-order chi connectivity index (χ0) is 12.5. The molecule has 0 aliphatic carbocycles. The van der Waals surface area contributed by atoms with Crippen LogP contribution in [0.4, 0.5) is 0 Å². The van der Waals surface area contributed by atoms with Crippen LogP contribution in [0.25, 0.3) is 0 Å². The van der Waals surface area contributed by atoms with Crippen molar-refractivity contribution in [2.75, 3.05) is 53.4 Å². The SMILES string of the molecule is CN1CC[C@@H]2NC[C@@H]2C1.CN1CC[C@H]2NC[C@H]2C1. The highest BCUT2D eigenvalue weighted by Crippen LogP contribution is 2.22. The smallest absolute Gasteiger partial charge is 0.0132 e. The maximum atomic E-state index is 3.44. The van der Waals surface area contributed by atoms with Crippen LogP contribution in [-0.4, -0.2) is 75.2 Å². The summed E-state index contributed by atoms with van der Waals surface area (Å²) in [5.41, 5.74) is 0. The molecule has 18 heavy (non-hydrogen) atoms. The Kier molecular flexibility index (Phi) is 3.89. The molecule has 4 rings (SSSR count). The molecule has 0 amide bonds. The molecule has 4 heterocycles. The van der Waals surface area contributed by atoms with Gasteiger partial charge in [0.25, 0.3) is 0 Å². The number of hydrogen-bond acceptors (Lipinski definition) is 4. The highest BCUT2D eigenvalue weighted by atomic mass is 15.2. The Balaban J connectivity index is 0.000000111. The van der Waals surface area contributed by atoms with Gasteiger partial charge in [0.2, 0.25) is 0 Å². The van der Waals surface area contributed by atoms with Crippen molar-refractivity contribution in [1.29, 1.82) is 0 Å². The molecular formula is C14H28N4. The summed E-state index contributed by atoms with van der Waals surface area (Å²) in [5, 5.41) is 6.88. The predicted molar refractivity (Wildman–Crippen MR) is 74.8 cm³/mol. The summed E-state index contributed by atoms with van der Waals surface area (Å²) in [6, 6.07) is 1.75. The largest absolute Gasteiger partial charge is 0.313 e. The summed E-state index contributed by atoms with van der Waals surface area (Å²) in [4.78, 5) is 4.87. The van der Waals surface area contributed by atoms with Gasteiger partial charge in [-0.2, -0.15) is 0 Å². The first kappa shape index (κ1) is 12.9.